The van der Waals surface area contributed by atoms with Crippen molar-refractivity contribution in [2.75, 3.05) is 20.3 Å². The Hall–Kier alpha value is -2.24. The van der Waals surface area contributed by atoms with Crippen molar-refractivity contribution in [2.45, 2.75) is 65.3 Å². The molecule has 0 fully saturated rings. The second-order valence-electron chi connectivity index (χ2n) is 8.65. The quantitative estimate of drug-likeness (QED) is 0.726. The Morgan fingerprint density at radius 1 is 0.852 bits per heavy atom. The van der Waals surface area contributed by atoms with Gasteiger partial charge in [-0.3, -0.25) is 0 Å². The van der Waals surface area contributed by atoms with Gasteiger partial charge in [0.1, 0.15) is 0 Å². The first kappa shape index (κ1) is 22.8. The van der Waals surface area contributed by atoms with E-state index in [1.807, 2.05) is 0 Å². The van der Waals surface area contributed by atoms with E-state index >= 15 is 0 Å². The van der Waals surface area contributed by atoms with E-state index in [2.05, 4.69) is 70.4 Å². The van der Waals surface area contributed by atoms with Crippen molar-refractivity contribution in [3.63, 3.8) is 0 Å². The van der Waals surface area contributed by atoms with Gasteiger partial charge in [0.25, 0.3) is 0 Å². The van der Waals surface area contributed by atoms with Crippen molar-refractivity contribution in [2.24, 2.45) is 0 Å². The van der Waals surface area contributed by atoms with Crippen LogP contribution in [0.3, 0.4) is 0 Å². The number of benzene rings is 1. The molecule has 0 saturated heterocycles. The van der Waals surface area contributed by atoms with Crippen molar-refractivity contribution in [1.82, 2.24) is 10.6 Å². The highest BCUT2D eigenvalue weighted by Crippen LogP contribution is 2.30. The van der Waals surface area contributed by atoms with E-state index in [9.17, 15) is 9.59 Å². The average molecular weight is 379 g/mol. The molecule has 27 heavy (non-hydrogen) atoms. The van der Waals surface area contributed by atoms with Crippen LogP contribution >= 0.6 is 0 Å². The van der Waals surface area contributed by atoms with Gasteiger partial charge in [-0.1, -0.05) is 59.7 Å². The van der Waals surface area contributed by atoms with E-state index in [4.69, 9.17) is 9.47 Å². The summed E-state index contributed by atoms with van der Waals surface area (Å²) in [6.45, 7) is 13.9. The highest BCUT2D eigenvalue weighted by atomic mass is 16.6. The molecule has 0 bridgehead atoms. The van der Waals surface area contributed by atoms with Crippen molar-refractivity contribution < 1.29 is 19.1 Å². The second-order valence-corrected chi connectivity index (χ2v) is 8.65. The fourth-order valence-electron chi connectivity index (χ4n) is 2.35. The lowest BCUT2D eigenvalue weighted by molar-refractivity contribution is 0.119. The van der Waals surface area contributed by atoms with Crippen LogP contribution in [0.15, 0.2) is 18.2 Å². The summed E-state index contributed by atoms with van der Waals surface area (Å²) in [6.07, 6.45) is -0.518. The molecule has 0 spiro atoms. The molecule has 152 valence electrons. The molecule has 1 aromatic carbocycles. The molecule has 1 aromatic rings. The van der Waals surface area contributed by atoms with Gasteiger partial charge in [-0.15, -0.1) is 0 Å². The van der Waals surface area contributed by atoms with E-state index < -0.39 is 12.2 Å². The van der Waals surface area contributed by atoms with Crippen LogP contribution in [-0.2, 0) is 26.8 Å². The maximum Gasteiger partial charge on any atom is 0.407 e. The molecule has 0 heterocycles. The molecule has 6 nitrogen and oxygen atoms in total. The first-order chi connectivity index (χ1) is 12.4. The van der Waals surface area contributed by atoms with E-state index in [1.165, 1.54) is 18.2 Å². The Balaban J connectivity index is 2.60. The van der Waals surface area contributed by atoms with Crippen molar-refractivity contribution >= 4 is 12.2 Å². The fourth-order valence-corrected chi connectivity index (χ4v) is 2.35. The SMILES string of the molecule is CNC(=O)OCCCOC(=O)NCc1cc(C(C)(C)C)cc(C(C)(C)C)c1. The van der Waals surface area contributed by atoms with Gasteiger partial charge in [0.15, 0.2) is 0 Å². The number of amides is 2. The standard InChI is InChI=1S/C21H34N2O4/c1-20(2,3)16-11-15(12-17(13-16)21(4,5)6)14-23-19(25)27-10-8-9-26-18(24)22-7/h11-13H,8-10,14H2,1-7H3,(H,22,24)(H,23,25). The van der Waals surface area contributed by atoms with Crippen LogP contribution in [0.5, 0.6) is 0 Å². The Kier molecular flexibility index (Phi) is 8.13. The van der Waals surface area contributed by atoms with Gasteiger partial charge in [-0.25, -0.2) is 9.59 Å². The lowest BCUT2D eigenvalue weighted by atomic mass is 9.79. The summed E-state index contributed by atoms with van der Waals surface area (Å²) in [5.74, 6) is 0. The van der Waals surface area contributed by atoms with E-state index in [1.54, 1.807) is 0 Å². The Morgan fingerprint density at radius 2 is 1.33 bits per heavy atom. The molecular weight excluding hydrogens is 344 g/mol. The van der Waals surface area contributed by atoms with Gasteiger partial charge in [-0.2, -0.15) is 0 Å². The molecule has 0 aliphatic rings. The van der Waals surface area contributed by atoms with Crippen molar-refractivity contribution in [3.8, 4) is 0 Å². The molecular formula is C21H34N2O4. The Morgan fingerprint density at radius 3 is 1.78 bits per heavy atom. The first-order valence-corrected chi connectivity index (χ1v) is 9.33. The summed E-state index contributed by atoms with van der Waals surface area (Å²) in [5.41, 5.74) is 3.59. The second kappa shape index (κ2) is 9.62. The van der Waals surface area contributed by atoms with Crippen LogP contribution in [-0.4, -0.2) is 32.4 Å². The number of ether oxygens (including phenoxy) is 2. The predicted molar refractivity (Wildman–Crippen MR) is 107 cm³/mol. The van der Waals surface area contributed by atoms with Crippen LogP contribution in [0.4, 0.5) is 9.59 Å². The van der Waals surface area contributed by atoms with Gasteiger partial charge in [-0.05, 0) is 27.5 Å². The number of alkyl carbamates (subject to hydrolysis) is 2. The number of carbonyl (C=O) groups is 2. The Labute approximate surface area is 163 Å². The smallest absolute Gasteiger partial charge is 0.407 e. The highest BCUT2D eigenvalue weighted by Gasteiger charge is 2.20. The van der Waals surface area contributed by atoms with Crippen LogP contribution in [0.2, 0.25) is 0 Å². The molecule has 2 N–H and O–H groups in total. The molecule has 6 heteroatoms. The minimum Gasteiger partial charge on any atom is -0.449 e. The minimum atomic E-state index is -0.493. The summed E-state index contributed by atoms with van der Waals surface area (Å²) in [7, 11) is 1.49. The zero-order valence-electron chi connectivity index (χ0n) is 17.7. The number of hydrogen-bond acceptors (Lipinski definition) is 4. The third-order valence-electron chi connectivity index (χ3n) is 4.12. The summed E-state index contributed by atoms with van der Waals surface area (Å²) >= 11 is 0. The molecule has 2 amide bonds. The van der Waals surface area contributed by atoms with Crippen LogP contribution in [0, 0.1) is 0 Å². The summed E-state index contributed by atoms with van der Waals surface area (Å²) in [5, 5.41) is 5.14. The van der Waals surface area contributed by atoms with E-state index in [-0.39, 0.29) is 24.0 Å². The molecule has 0 saturated carbocycles. The fraction of sp³-hybridized carbons (Fsp3) is 0.619. The predicted octanol–water partition coefficient (Wildman–Crippen LogP) is 4.25. The summed E-state index contributed by atoms with van der Waals surface area (Å²) in [4.78, 5) is 22.8. The van der Waals surface area contributed by atoms with Crippen LogP contribution in [0.1, 0.15) is 64.7 Å². The summed E-state index contributed by atoms with van der Waals surface area (Å²) < 4.78 is 9.94. The van der Waals surface area contributed by atoms with Gasteiger partial charge in [0.2, 0.25) is 0 Å². The number of carbonyl (C=O) groups excluding carboxylic acids is 2. The van der Waals surface area contributed by atoms with Crippen molar-refractivity contribution in [1.29, 1.82) is 0 Å². The van der Waals surface area contributed by atoms with E-state index in [0.29, 0.717) is 13.0 Å². The van der Waals surface area contributed by atoms with Gasteiger partial charge < -0.3 is 20.1 Å². The lowest BCUT2D eigenvalue weighted by Gasteiger charge is -2.26. The average Bonchev–Trinajstić information content (AvgIpc) is 2.57. The maximum absolute atomic E-state index is 11.9. The summed E-state index contributed by atoms with van der Waals surface area (Å²) in [6, 6.07) is 6.51. The monoisotopic (exact) mass is 378 g/mol. The van der Waals surface area contributed by atoms with E-state index in [0.717, 1.165) is 5.56 Å². The normalized spacial score (nSPS) is 11.7. The largest absolute Gasteiger partial charge is 0.449 e. The third-order valence-corrected chi connectivity index (χ3v) is 4.12. The number of nitrogens with one attached hydrogen (secondary N) is 2. The van der Waals surface area contributed by atoms with Crippen LogP contribution in [0.25, 0.3) is 0 Å². The highest BCUT2D eigenvalue weighted by molar-refractivity contribution is 5.67. The molecule has 0 unspecified atom stereocenters. The molecule has 0 aliphatic carbocycles. The van der Waals surface area contributed by atoms with Gasteiger partial charge in [0, 0.05) is 20.0 Å². The van der Waals surface area contributed by atoms with Gasteiger partial charge >= 0.3 is 12.2 Å². The number of rotatable bonds is 6. The Bertz CT molecular complexity index is 610. The third kappa shape index (κ3) is 8.33. The first-order valence-electron chi connectivity index (χ1n) is 9.33. The van der Waals surface area contributed by atoms with Crippen molar-refractivity contribution in [3.05, 3.63) is 34.9 Å². The molecule has 0 atom stereocenters. The number of hydrogen-bond donors (Lipinski definition) is 2. The van der Waals surface area contributed by atoms with Crippen LogP contribution < -0.4 is 10.6 Å². The van der Waals surface area contributed by atoms with Gasteiger partial charge in [0.05, 0.1) is 13.2 Å². The molecule has 0 radical (unpaired) electrons. The maximum atomic E-state index is 11.9. The topological polar surface area (TPSA) is 76.7 Å². The molecule has 0 aliphatic heterocycles. The minimum absolute atomic E-state index is 0.0291. The molecule has 0 aromatic heterocycles. The molecule has 1 rings (SSSR count). The zero-order valence-corrected chi connectivity index (χ0v) is 17.7. The zero-order chi connectivity index (χ0) is 20.7. The lowest BCUT2D eigenvalue weighted by Crippen LogP contribution is -2.26.